The molecule has 0 unspecified atom stereocenters. The van der Waals surface area contributed by atoms with Crippen LogP contribution in [-0.4, -0.2) is 10.2 Å². The predicted octanol–water partition coefficient (Wildman–Crippen LogP) is 2.05. The van der Waals surface area contributed by atoms with Gasteiger partial charge in [-0.1, -0.05) is 24.3 Å². The maximum Gasteiger partial charge on any atom is 0.135 e. The van der Waals surface area contributed by atoms with Crippen molar-refractivity contribution in [2.24, 2.45) is 0 Å². The largest absolute Gasteiger partial charge is 0.507 e. The van der Waals surface area contributed by atoms with Gasteiger partial charge < -0.3 is 10.2 Å². The van der Waals surface area contributed by atoms with Crippen molar-refractivity contribution in [3.05, 3.63) is 36.4 Å². The lowest BCUT2D eigenvalue weighted by Gasteiger charge is -1.99. The molecular formula is C10H7O2. The van der Waals surface area contributed by atoms with E-state index in [-0.39, 0.29) is 11.5 Å². The first kappa shape index (κ1) is 6.98. The molecular weight excluding hydrogens is 152 g/mol. The van der Waals surface area contributed by atoms with Gasteiger partial charge in [0.05, 0.1) is 6.07 Å². The van der Waals surface area contributed by atoms with Crippen LogP contribution in [0.2, 0.25) is 0 Å². The lowest BCUT2D eigenvalue weighted by atomic mass is 10.1. The third kappa shape index (κ3) is 0.975. The average molecular weight is 159 g/mol. The van der Waals surface area contributed by atoms with Gasteiger partial charge in [-0.3, -0.25) is 0 Å². The number of hydrogen-bond donors (Lipinski definition) is 2. The molecule has 0 saturated heterocycles. The van der Waals surface area contributed by atoms with Gasteiger partial charge in [-0.25, -0.2) is 0 Å². The van der Waals surface area contributed by atoms with Crippen molar-refractivity contribution in [3.63, 3.8) is 0 Å². The molecule has 2 aromatic carbocycles. The fourth-order valence-corrected chi connectivity index (χ4v) is 1.21. The first-order valence-corrected chi connectivity index (χ1v) is 3.60. The highest BCUT2D eigenvalue weighted by Gasteiger charge is 2.00. The molecule has 0 aliphatic rings. The number of fused-ring (bicyclic) bond motifs is 1. The molecule has 2 rings (SSSR count). The lowest BCUT2D eigenvalue weighted by Crippen LogP contribution is -1.73. The Hall–Kier alpha value is -1.70. The summed E-state index contributed by atoms with van der Waals surface area (Å²) < 4.78 is 0. The van der Waals surface area contributed by atoms with Gasteiger partial charge >= 0.3 is 0 Å². The topological polar surface area (TPSA) is 40.5 Å². The van der Waals surface area contributed by atoms with Crippen molar-refractivity contribution in [2.45, 2.75) is 0 Å². The lowest BCUT2D eigenvalue weighted by molar-refractivity contribution is 0.453. The quantitative estimate of drug-likeness (QED) is 0.617. The summed E-state index contributed by atoms with van der Waals surface area (Å²) in [5.41, 5.74) is 0. The molecule has 59 valence electrons. The molecule has 0 atom stereocenters. The monoisotopic (exact) mass is 159 g/mol. The Morgan fingerprint density at radius 1 is 1.08 bits per heavy atom. The minimum Gasteiger partial charge on any atom is -0.507 e. The Kier molecular flexibility index (Phi) is 1.40. The van der Waals surface area contributed by atoms with E-state index < -0.39 is 0 Å². The Balaban J connectivity index is 2.89. The van der Waals surface area contributed by atoms with Crippen LogP contribution in [0.25, 0.3) is 10.8 Å². The van der Waals surface area contributed by atoms with Crippen molar-refractivity contribution in [1.82, 2.24) is 0 Å². The maximum atomic E-state index is 9.34. The zero-order chi connectivity index (χ0) is 8.55. The van der Waals surface area contributed by atoms with Gasteiger partial charge in [-0.15, -0.1) is 0 Å². The summed E-state index contributed by atoms with van der Waals surface area (Å²) >= 11 is 0. The SMILES string of the molecule is Oc1[c]c(O)c2ccccc2c1. The molecule has 0 saturated carbocycles. The smallest absolute Gasteiger partial charge is 0.135 e. The maximum absolute atomic E-state index is 9.34. The van der Waals surface area contributed by atoms with E-state index in [1.165, 1.54) is 0 Å². The average Bonchev–Trinajstić information content (AvgIpc) is 2.04. The summed E-state index contributed by atoms with van der Waals surface area (Å²) in [4.78, 5) is 0. The van der Waals surface area contributed by atoms with Crippen LogP contribution >= 0.6 is 0 Å². The predicted molar refractivity (Wildman–Crippen MR) is 46.1 cm³/mol. The molecule has 0 fully saturated rings. The van der Waals surface area contributed by atoms with Gasteiger partial charge in [0.25, 0.3) is 0 Å². The summed E-state index contributed by atoms with van der Waals surface area (Å²) in [6.07, 6.45) is 0. The highest BCUT2D eigenvalue weighted by atomic mass is 16.3. The van der Waals surface area contributed by atoms with Gasteiger partial charge in [0, 0.05) is 5.39 Å². The highest BCUT2D eigenvalue weighted by Crippen LogP contribution is 2.28. The molecule has 2 N–H and O–H groups in total. The summed E-state index contributed by atoms with van der Waals surface area (Å²) in [6.45, 7) is 0. The van der Waals surface area contributed by atoms with E-state index >= 15 is 0 Å². The van der Waals surface area contributed by atoms with E-state index in [2.05, 4.69) is 6.07 Å². The third-order valence-corrected chi connectivity index (χ3v) is 1.75. The second-order valence-corrected chi connectivity index (χ2v) is 2.59. The summed E-state index contributed by atoms with van der Waals surface area (Å²) in [6, 6.07) is 11.3. The zero-order valence-corrected chi connectivity index (χ0v) is 6.28. The summed E-state index contributed by atoms with van der Waals surface area (Å²) in [5.74, 6) is -0.0446. The molecule has 0 aromatic heterocycles. The van der Waals surface area contributed by atoms with Crippen molar-refractivity contribution in [2.75, 3.05) is 0 Å². The Morgan fingerprint density at radius 3 is 2.67 bits per heavy atom. The van der Waals surface area contributed by atoms with E-state index in [1.54, 1.807) is 12.1 Å². The molecule has 0 spiro atoms. The first-order chi connectivity index (χ1) is 5.77. The van der Waals surface area contributed by atoms with Crippen LogP contribution in [0.3, 0.4) is 0 Å². The molecule has 2 heteroatoms. The number of benzene rings is 2. The highest BCUT2D eigenvalue weighted by molar-refractivity contribution is 5.88. The second-order valence-electron chi connectivity index (χ2n) is 2.59. The molecule has 2 nitrogen and oxygen atoms in total. The molecule has 0 amide bonds. The van der Waals surface area contributed by atoms with Gasteiger partial charge in [0.15, 0.2) is 0 Å². The number of phenols is 2. The molecule has 1 radical (unpaired) electrons. The van der Waals surface area contributed by atoms with Crippen LogP contribution in [0.1, 0.15) is 0 Å². The van der Waals surface area contributed by atoms with E-state index in [4.69, 9.17) is 5.11 Å². The van der Waals surface area contributed by atoms with Crippen LogP contribution < -0.4 is 0 Å². The van der Waals surface area contributed by atoms with Gasteiger partial charge in [0.1, 0.15) is 11.5 Å². The Labute approximate surface area is 69.7 Å². The van der Waals surface area contributed by atoms with E-state index in [0.29, 0.717) is 5.39 Å². The molecule has 0 aliphatic heterocycles. The number of rotatable bonds is 0. The van der Waals surface area contributed by atoms with Crippen molar-refractivity contribution in [3.8, 4) is 11.5 Å². The second kappa shape index (κ2) is 2.41. The van der Waals surface area contributed by atoms with Gasteiger partial charge in [-0.05, 0) is 11.5 Å². The van der Waals surface area contributed by atoms with E-state index in [0.717, 1.165) is 5.39 Å². The fourth-order valence-electron chi connectivity index (χ4n) is 1.21. The normalized spacial score (nSPS) is 10.3. The summed E-state index contributed by atoms with van der Waals surface area (Å²) in [5, 5.41) is 19.9. The summed E-state index contributed by atoms with van der Waals surface area (Å²) in [7, 11) is 0. The van der Waals surface area contributed by atoms with E-state index in [1.807, 2.05) is 18.2 Å². The van der Waals surface area contributed by atoms with Gasteiger partial charge in [0.2, 0.25) is 0 Å². The Morgan fingerprint density at radius 2 is 1.83 bits per heavy atom. The number of hydrogen-bond acceptors (Lipinski definition) is 2. The fraction of sp³-hybridized carbons (Fsp3) is 0. The van der Waals surface area contributed by atoms with Crippen molar-refractivity contribution in [1.29, 1.82) is 0 Å². The van der Waals surface area contributed by atoms with Crippen molar-refractivity contribution < 1.29 is 10.2 Å². The minimum atomic E-state index is -0.0359. The molecule has 0 aliphatic carbocycles. The first-order valence-electron chi connectivity index (χ1n) is 3.60. The van der Waals surface area contributed by atoms with Crippen LogP contribution in [0, 0.1) is 6.07 Å². The molecule has 12 heavy (non-hydrogen) atoms. The van der Waals surface area contributed by atoms with Gasteiger partial charge in [-0.2, -0.15) is 0 Å². The van der Waals surface area contributed by atoms with Crippen LogP contribution in [0.15, 0.2) is 30.3 Å². The zero-order valence-electron chi connectivity index (χ0n) is 6.28. The molecule has 0 heterocycles. The van der Waals surface area contributed by atoms with Crippen LogP contribution in [0.5, 0.6) is 11.5 Å². The van der Waals surface area contributed by atoms with Crippen molar-refractivity contribution >= 4 is 10.8 Å². The number of aromatic hydroxyl groups is 2. The Bertz CT molecular complexity index is 421. The van der Waals surface area contributed by atoms with Crippen LogP contribution in [-0.2, 0) is 0 Å². The standard InChI is InChI=1S/C10H7O2/c11-8-5-7-3-1-2-4-9(7)10(12)6-8/h1-5,11-12H. The third-order valence-electron chi connectivity index (χ3n) is 1.75. The molecule has 0 bridgehead atoms. The number of phenolic OH excluding ortho intramolecular Hbond substituents is 2. The van der Waals surface area contributed by atoms with E-state index in [9.17, 15) is 5.11 Å². The minimum absolute atomic E-state index is 0.00870. The van der Waals surface area contributed by atoms with Crippen LogP contribution in [0.4, 0.5) is 0 Å². The molecule has 2 aromatic rings.